The Bertz CT molecular complexity index is 1740. The molecule has 0 spiro atoms. The van der Waals surface area contributed by atoms with Crippen LogP contribution in [0.5, 0.6) is 5.75 Å². The summed E-state index contributed by atoms with van der Waals surface area (Å²) in [5.74, 6) is 0.670. The van der Waals surface area contributed by atoms with E-state index in [-0.39, 0.29) is 58.4 Å². The number of benzene rings is 2. The van der Waals surface area contributed by atoms with Crippen LogP contribution in [0.3, 0.4) is 0 Å². The van der Waals surface area contributed by atoms with Crippen molar-refractivity contribution in [1.29, 1.82) is 0 Å². The number of nitrogens with one attached hydrogen (secondary N) is 1. The van der Waals surface area contributed by atoms with Crippen molar-refractivity contribution in [2.45, 2.75) is 74.5 Å². The van der Waals surface area contributed by atoms with Crippen molar-refractivity contribution in [3.8, 4) is 17.0 Å². The van der Waals surface area contributed by atoms with Crippen LogP contribution in [0.2, 0.25) is 0 Å². The molecule has 0 saturated heterocycles. The van der Waals surface area contributed by atoms with E-state index in [0.29, 0.717) is 29.7 Å². The second-order valence-corrected chi connectivity index (χ2v) is 13.4. The van der Waals surface area contributed by atoms with Crippen molar-refractivity contribution >= 4 is 20.9 Å². The fraction of sp³-hybridized carbons (Fsp3) is 0.419. The van der Waals surface area contributed by atoms with Crippen LogP contribution in [-0.2, 0) is 21.4 Å². The van der Waals surface area contributed by atoms with Crippen LogP contribution >= 0.6 is 0 Å². The van der Waals surface area contributed by atoms with Crippen LogP contribution in [0.15, 0.2) is 70.2 Å². The van der Waals surface area contributed by atoms with Gasteiger partial charge in [-0.2, -0.15) is 0 Å². The topological polar surface area (TPSA) is 104 Å². The molecule has 7 rings (SSSR count). The third-order valence-electron chi connectivity index (χ3n) is 8.83. The molecule has 43 heavy (non-hydrogen) atoms. The average molecular weight is 614 g/mol. The Balaban J connectivity index is 1.07. The Hall–Kier alpha value is -3.48. The Morgan fingerprint density at radius 1 is 0.953 bits per heavy atom. The predicted molar refractivity (Wildman–Crippen MR) is 150 cm³/mol. The first-order valence-electron chi connectivity index (χ1n) is 14.5. The number of sulfonamides is 1. The number of para-hydroxylation sites is 2. The maximum Gasteiger partial charge on any atom is 0.573 e. The molecule has 3 aliphatic rings. The Morgan fingerprint density at radius 2 is 1.70 bits per heavy atom. The van der Waals surface area contributed by atoms with Crippen LogP contribution in [0.1, 0.15) is 55.8 Å². The van der Waals surface area contributed by atoms with Gasteiger partial charge >= 0.3 is 6.36 Å². The zero-order valence-electron chi connectivity index (χ0n) is 23.1. The minimum Gasteiger partial charge on any atom is -0.405 e. The SMILES string of the molecule is O=S(=O)(NC1C2CCC1CC(OCc1c(-c3ccccc3OC(F)(F)F)noc1C1CC1)C2)c1cccc2cccnc12. The predicted octanol–water partition coefficient (Wildman–Crippen LogP) is 6.72. The highest BCUT2D eigenvalue weighted by atomic mass is 32.2. The number of pyridine rings is 1. The first kappa shape index (κ1) is 28.3. The molecule has 1 N–H and O–H groups in total. The maximum absolute atomic E-state index is 13.5. The van der Waals surface area contributed by atoms with Crippen molar-refractivity contribution in [1.82, 2.24) is 14.9 Å². The van der Waals surface area contributed by atoms with E-state index in [4.69, 9.17) is 9.26 Å². The van der Waals surface area contributed by atoms with Gasteiger partial charge in [-0.3, -0.25) is 4.98 Å². The van der Waals surface area contributed by atoms with E-state index < -0.39 is 16.4 Å². The van der Waals surface area contributed by atoms with Crippen molar-refractivity contribution in [2.75, 3.05) is 0 Å². The second-order valence-electron chi connectivity index (χ2n) is 11.7. The standard InChI is InChI=1S/C31H30F3N3O5S/c32-31(33,34)41-25-8-2-1-7-23(25)29-24(30(42-36-29)19-10-11-19)17-40-22-15-20-12-13-21(16-22)27(20)37-43(38,39)26-9-3-5-18-6-4-14-35-28(18)26/h1-9,14,19-22,27,37H,10-13,15-17H2. The van der Waals surface area contributed by atoms with Gasteiger partial charge in [0.05, 0.1) is 18.2 Å². The Labute approximate surface area is 246 Å². The van der Waals surface area contributed by atoms with Gasteiger partial charge in [0, 0.05) is 34.7 Å². The lowest BCUT2D eigenvalue weighted by molar-refractivity contribution is -0.274. The number of halogens is 3. The lowest BCUT2D eigenvalue weighted by Crippen LogP contribution is -2.46. The quantitative estimate of drug-likeness (QED) is 0.224. The minimum absolute atomic E-state index is 0.104. The fourth-order valence-electron chi connectivity index (χ4n) is 6.75. The summed E-state index contributed by atoms with van der Waals surface area (Å²) < 4.78 is 85.7. The van der Waals surface area contributed by atoms with Crippen molar-refractivity contribution < 1.29 is 35.6 Å². The van der Waals surface area contributed by atoms with Gasteiger partial charge in [0.2, 0.25) is 10.0 Å². The minimum atomic E-state index is -4.85. The normalized spacial score (nSPS) is 24.0. The van der Waals surface area contributed by atoms with E-state index in [2.05, 4.69) is 19.6 Å². The number of nitrogens with zero attached hydrogens (tertiary/aromatic N) is 2. The largest absolute Gasteiger partial charge is 0.573 e. The van der Waals surface area contributed by atoms with E-state index >= 15 is 0 Å². The Kier molecular flexibility index (Phi) is 7.18. The summed E-state index contributed by atoms with van der Waals surface area (Å²) in [7, 11) is -3.81. The monoisotopic (exact) mass is 613 g/mol. The molecule has 3 aliphatic carbocycles. The number of hydrogen-bond acceptors (Lipinski definition) is 7. The fourth-order valence-corrected chi connectivity index (χ4v) is 8.31. The highest BCUT2D eigenvalue weighted by Gasteiger charge is 2.45. The number of hydrogen-bond donors (Lipinski definition) is 1. The summed E-state index contributed by atoms with van der Waals surface area (Å²) in [6.07, 6.45) is 1.57. The lowest BCUT2D eigenvalue weighted by atomic mass is 9.83. The highest BCUT2D eigenvalue weighted by Crippen LogP contribution is 2.47. The number of alkyl halides is 3. The Morgan fingerprint density at radius 3 is 2.44 bits per heavy atom. The molecule has 8 nitrogen and oxygen atoms in total. The second kappa shape index (κ2) is 10.9. The maximum atomic E-state index is 13.5. The van der Waals surface area contributed by atoms with Gasteiger partial charge in [-0.25, -0.2) is 13.1 Å². The molecular weight excluding hydrogens is 583 g/mol. The smallest absolute Gasteiger partial charge is 0.405 e. The van der Waals surface area contributed by atoms with Gasteiger partial charge in [0.15, 0.2) is 0 Å². The number of rotatable bonds is 9. The van der Waals surface area contributed by atoms with Gasteiger partial charge in [-0.15, -0.1) is 13.2 Å². The summed E-state index contributed by atoms with van der Waals surface area (Å²) in [4.78, 5) is 4.49. The third-order valence-corrected chi connectivity index (χ3v) is 10.3. The van der Waals surface area contributed by atoms with Crippen LogP contribution < -0.4 is 9.46 Å². The van der Waals surface area contributed by atoms with Crippen molar-refractivity contribution in [3.05, 3.63) is 72.1 Å². The van der Waals surface area contributed by atoms with Crippen LogP contribution in [0, 0.1) is 11.8 Å². The highest BCUT2D eigenvalue weighted by molar-refractivity contribution is 7.89. The number of aromatic nitrogens is 2. The molecule has 0 radical (unpaired) electrons. The number of ether oxygens (including phenoxy) is 2. The molecule has 12 heteroatoms. The molecule has 2 aromatic heterocycles. The van der Waals surface area contributed by atoms with Gasteiger partial charge in [-0.1, -0.05) is 35.5 Å². The van der Waals surface area contributed by atoms with E-state index in [0.717, 1.165) is 31.1 Å². The molecule has 226 valence electrons. The van der Waals surface area contributed by atoms with E-state index in [1.807, 2.05) is 12.1 Å². The first-order chi connectivity index (χ1) is 20.7. The van der Waals surface area contributed by atoms with Gasteiger partial charge in [0.1, 0.15) is 22.1 Å². The molecular formula is C31H30F3N3O5S. The van der Waals surface area contributed by atoms with Gasteiger partial charge in [-0.05, 0) is 74.6 Å². The molecule has 0 aliphatic heterocycles. The molecule has 2 unspecified atom stereocenters. The molecule has 3 fully saturated rings. The molecule has 2 aromatic carbocycles. The molecule has 3 saturated carbocycles. The van der Waals surface area contributed by atoms with Crippen molar-refractivity contribution in [2.24, 2.45) is 11.8 Å². The van der Waals surface area contributed by atoms with Gasteiger partial charge in [0.25, 0.3) is 0 Å². The molecule has 0 amide bonds. The molecule has 4 aromatic rings. The van der Waals surface area contributed by atoms with Crippen LogP contribution in [0.4, 0.5) is 13.2 Å². The summed E-state index contributed by atoms with van der Waals surface area (Å²) in [5, 5.41) is 4.92. The lowest BCUT2D eigenvalue weighted by Gasteiger charge is -2.35. The van der Waals surface area contributed by atoms with E-state index in [9.17, 15) is 21.6 Å². The van der Waals surface area contributed by atoms with Crippen LogP contribution in [0.25, 0.3) is 22.2 Å². The first-order valence-corrected chi connectivity index (χ1v) is 16.0. The average Bonchev–Trinajstić information content (AvgIpc) is 3.69. The summed E-state index contributed by atoms with van der Waals surface area (Å²) in [6.45, 7) is 0.132. The summed E-state index contributed by atoms with van der Waals surface area (Å²) in [6, 6.07) is 14.4. The number of fused-ring (bicyclic) bond motifs is 3. The summed E-state index contributed by atoms with van der Waals surface area (Å²) in [5.41, 5.74) is 1.56. The zero-order chi connectivity index (χ0) is 29.8. The van der Waals surface area contributed by atoms with Crippen molar-refractivity contribution in [3.63, 3.8) is 0 Å². The molecule has 2 atom stereocenters. The molecule has 2 bridgehead atoms. The summed E-state index contributed by atoms with van der Waals surface area (Å²) >= 11 is 0. The van der Waals surface area contributed by atoms with Crippen LogP contribution in [-0.4, -0.2) is 37.1 Å². The third kappa shape index (κ3) is 5.75. The van der Waals surface area contributed by atoms with E-state index in [1.165, 1.54) is 18.2 Å². The zero-order valence-corrected chi connectivity index (χ0v) is 23.9. The molecule has 2 heterocycles. The van der Waals surface area contributed by atoms with E-state index in [1.54, 1.807) is 30.5 Å². The van der Waals surface area contributed by atoms with Gasteiger partial charge < -0.3 is 14.0 Å².